The van der Waals surface area contributed by atoms with Crippen LogP contribution in [-0.2, 0) is 9.59 Å². The summed E-state index contributed by atoms with van der Waals surface area (Å²) in [5.74, 6) is 0.164. The lowest BCUT2D eigenvalue weighted by molar-refractivity contribution is -0.122. The van der Waals surface area contributed by atoms with Gasteiger partial charge in [0.15, 0.2) is 6.10 Å². The first kappa shape index (κ1) is 14.3. The molecule has 1 aliphatic heterocycles. The highest BCUT2D eigenvalue weighted by atomic mass is 32.1. The van der Waals surface area contributed by atoms with Crippen LogP contribution in [0.3, 0.4) is 0 Å². The van der Waals surface area contributed by atoms with E-state index in [1.54, 1.807) is 42.5 Å². The average Bonchev–Trinajstić information content (AvgIpc) is 3.00. The summed E-state index contributed by atoms with van der Waals surface area (Å²) in [4.78, 5) is 24.5. The second-order valence-corrected chi connectivity index (χ2v) is 5.78. The lowest BCUT2D eigenvalue weighted by atomic mass is 10.2. The Labute approximate surface area is 131 Å². The van der Waals surface area contributed by atoms with Crippen molar-refractivity contribution in [2.45, 2.75) is 13.0 Å². The maximum atomic E-state index is 11.9. The van der Waals surface area contributed by atoms with Crippen LogP contribution >= 0.6 is 11.3 Å². The number of rotatable bonds is 3. The topological polar surface area (TPSA) is 67.4 Å². The summed E-state index contributed by atoms with van der Waals surface area (Å²) in [6.45, 7) is 1.68. The predicted octanol–water partition coefficient (Wildman–Crippen LogP) is 3.12. The smallest absolute Gasteiger partial charge is 0.265 e. The molecule has 2 aromatic rings. The SMILES string of the molecule is C[C@@H]1Oc2ccc(NC(=O)/C=C/c3cccs3)cc2NC1=O. The minimum atomic E-state index is -0.512. The van der Waals surface area contributed by atoms with Crippen molar-refractivity contribution >= 4 is 40.6 Å². The second kappa shape index (κ2) is 6.03. The zero-order valence-electron chi connectivity index (χ0n) is 11.8. The van der Waals surface area contributed by atoms with Gasteiger partial charge in [0.05, 0.1) is 5.69 Å². The normalized spacial score (nSPS) is 16.8. The lowest BCUT2D eigenvalue weighted by Crippen LogP contribution is -2.34. The molecule has 0 aliphatic carbocycles. The van der Waals surface area contributed by atoms with E-state index in [2.05, 4.69) is 10.6 Å². The molecule has 22 heavy (non-hydrogen) atoms. The maximum Gasteiger partial charge on any atom is 0.265 e. The fourth-order valence-electron chi connectivity index (χ4n) is 2.01. The molecule has 0 unspecified atom stereocenters. The summed E-state index contributed by atoms with van der Waals surface area (Å²) < 4.78 is 5.46. The third kappa shape index (κ3) is 3.17. The Morgan fingerprint density at radius 1 is 1.41 bits per heavy atom. The highest BCUT2D eigenvalue weighted by molar-refractivity contribution is 7.10. The Morgan fingerprint density at radius 3 is 3.05 bits per heavy atom. The Morgan fingerprint density at radius 2 is 2.27 bits per heavy atom. The molecule has 0 radical (unpaired) electrons. The van der Waals surface area contributed by atoms with Gasteiger partial charge in [0, 0.05) is 16.6 Å². The van der Waals surface area contributed by atoms with Crippen LogP contribution in [0.5, 0.6) is 5.75 Å². The van der Waals surface area contributed by atoms with Crippen molar-refractivity contribution in [3.05, 3.63) is 46.7 Å². The third-order valence-electron chi connectivity index (χ3n) is 3.12. The van der Waals surface area contributed by atoms with Crippen LogP contribution in [0.4, 0.5) is 11.4 Å². The first-order chi connectivity index (χ1) is 10.6. The van der Waals surface area contributed by atoms with Gasteiger partial charge in [0.1, 0.15) is 5.75 Å². The van der Waals surface area contributed by atoms with Gasteiger partial charge >= 0.3 is 0 Å². The number of carbonyl (C=O) groups is 2. The van der Waals surface area contributed by atoms with Crippen molar-refractivity contribution in [1.82, 2.24) is 0 Å². The average molecular weight is 314 g/mol. The van der Waals surface area contributed by atoms with Gasteiger partial charge < -0.3 is 15.4 Å². The first-order valence-corrected chi connectivity index (χ1v) is 7.64. The molecular weight excluding hydrogens is 300 g/mol. The second-order valence-electron chi connectivity index (χ2n) is 4.80. The van der Waals surface area contributed by atoms with Gasteiger partial charge in [-0.3, -0.25) is 9.59 Å². The van der Waals surface area contributed by atoms with Crippen molar-refractivity contribution in [2.24, 2.45) is 0 Å². The molecule has 1 aliphatic rings. The fourth-order valence-corrected chi connectivity index (χ4v) is 2.63. The number of carbonyl (C=O) groups excluding carboxylic acids is 2. The number of amides is 2. The number of ether oxygens (including phenoxy) is 1. The van der Waals surface area contributed by atoms with E-state index in [0.717, 1.165) is 4.88 Å². The van der Waals surface area contributed by atoms with E-state index in [9.17, 15) is 9.59 Å². The molecule has 0 saturated heterocycles. The van der Waals surface area contributed by atoms with Gasteiger partial charge in [-0.2, -0.15) is 0 Å². The van der Waals surface area contributed by atoms with Gasteiger partial charge in [-0.1, -0.05) is 6.07 Å². The molecule has 3 rings (SSSR count). The molecule has 112 valence electrons. The van der Waals surface area contributed by atoms with E-state index in [4.69, 9.17) is 4.74 Å². The molecule has 0 saturated carbocycles. The van der Waals surface area contributed by atoms with Crippen LogP contribution in [0.1, 0.15) is 11.8 Å². The molecular formula is C16H14N2O3S. The van der Waals surface area contributed by atoms with E-state index in [1.807, 2.05) is 17.5 Å². The number of benzene rings is 1. The summed E-state index contributed by atoms with van der Waals surface area (Å²) in [6.07, 6.45) is 2.72. The maximum absolute atomic E-state index is 11.9. The number of hydrogen-bond acceptors (Lipinski definition) is 4. The van der Waals surface area contributed by atoms with Crippen molar-refractivity contribution in [3.63, 3.8) is 0 Å². The molecule has 5 nitrogen and oxygen atoms in total. The molecule has 0 spiro atoms. The first-order valence-electron chi connectivity index (χ1n) is 6.76. The van der Waals surface area contributed by atoms with E-state index < -0.39 is 6.10 Å². The van der Waals surface area contributed by atoms with Crippen molar-refractivity contribution < 1.29 is 14.3 Å². The minimum Gasteiger partial charge on any atom is -0.479 e. The minimum absolute atomic E-state index is 0.200. The van der Waals surface area contributed by atoms with Crippen LogP contribution in [0, 0.1) is 0 Å². The van der Waals surface area contributed by atoms with Gasteiger partial charge in [-0.15, -0.1) is 11.3 Å². The Bertz CT molecular complexity index is 738. The zero-order valence-corrected chi connectivity index (χ0v) is 12.6. The molecule has 2 heterocycles. The lowest BCUT2D eigenvalue weighted by Gasteiger charge is -2.23. The van der Waals surface area contributed by atoms with Gasteiger partial charge in [-0.05, 0) is 42.6 Å². The standard InChI is InChI=1S/C16H14N2O3S/c1-10-16(20)18-13-9-11(4-6-14(13)21-10)17-15(19)7-5-12-3-2-8-22-12/h2-10H,1H3,(H,17,19)(H,18,20)/b7-5+/t10-/m0/s1. The summed E-state index contributed by atoms with van der Waals surface area (Å²) >= 11 is 1.56. The number of nitrogens with one attached hydrogen (secondary N) is 2. The molecule has 0 fully saturated rings. The predicted molar refractivity (Wildman–Crippen MR) is 87.1 cm³/mol. The number of hydrogen-bond donors (Lipinski definition) is 2. The van der Waals surface area contributed by atoms with Crippen LogP contribution in [0.15, 0.2) is 41.8 Å². The highest BCUT2D eigenvalue weighted by Gasteiger charge is 2.23. The Hall–Kier alpha value is -2.60. The monoisotopic (exact) mass is 314 g/mol. The Balaban J connectivity index is 1.70. The highest BCUT2D eigenvalue weighted by Crippen LogP contribution is 2.32. The van der Waals surface area contributed by atoms with Gasteiger partial charge in [0.2, 0.25) is 5.91 Å². The summed E-state index contributed by atoms with van der Waals surface area (Å²) in [5, 5.41) is 7.45. The van der Waals surface area contributed by atoms with Crippen LogP contribution < -0.4 is 15.4 Å². The molecule has 0 bridgehead atoms. The van der Waals surface area contributed by atoms with Gasteiger partial charge in [-0.25, -0.2) is 0 Å². The van der Waals surface area contributed by atoms with Crippen molar-refractivity contribution in [3.8, 4) is 5.75 Å². The van der Waals surface area contributed by atoms with E-state index in [0.29, 0.717) is 17.1 Å². The summed E-state index contributed by atoms with van der Waals surface area (Å²) in [7, 11) is 0. The fraction of sp³-hybridized carbons (Fsp3) is 0.125. The quantitative estimate of drug-likeness (QED) is 0.855. The van der Waals surface area contributed by atoms with E-state index in [-0.39, 0.29) is 11.8 Å². The number of thiophene rings is 1. The Kier molecular flexibility index (Phi) is 3.93. The molecule has 6 heteroatoms. The van der Waals surface area contributed by atoms with Crippen molar-refractivity contribution in [1.29, 1.82) is 0 Å². The number of anilines is 2. The van der Waals surface area contributed by atoms with Crippen LogP contribution in [0.2, 0.25) is 0 Å². The molecule has 2 N–H and O–H groups in total. The van der Waals surface area contributed by atoms with E-state index in [1.165, 1.54) is 6.08 Å². The van der Waals surface area contributed by atoms with Crippen molar-refractivity contribution in [2.75, 3.05) is 10.6 Å². The molecule has 1 atom stereocenters. The number of fused-ring (bicyclic) bond motifs is 1. The largest absolute Gasteiger partial charge is 0.479 e. The summed E-state index contributed by atoms with van der Waals surface area (Å²) in [6, 6.07) is 9.00. The molecule has 1 aromatic carbocycles. The third-order valence-corrected chi connectivity index (χ3v) is 3.96. The van der Waals surface area contributed by atoms with Gasteiger partial charge in [0.25, 0.3) is 5.91 Å². The zero-order chi connectivity index (χ0) is 15.5. The summed E-state index contributed by atoms with van der Waals surface area (Å²) in [5.41, 5.74) is 1.15. The van der Waals surface area contributed by atoms with Crippen LogP contribution in [0.25, 0.3) is 6.08 Å². The molecule has 2 amide bonds. The molecule has 1 aromatic heterocycles. The van der Waals surface area contributed by atoms with E-state index >= 15 is 0 Å². The van der Waals surface area contributed by atoms with Crippen LogP contribution in [-0.4, -0.2) is 17.9 Å².